The predicted molar refractivity (Wildman–Crippen MR) is 76.7 cm³/mol. The summed E-state index contributed by atoms with van der Waals surface area (Å²) in [6, 6.07) is 9.25. The largest absolute Gasteiger partial charge is 0.418 e. The first-order valence-electron chi connectivity index (χ1n) is 6.15. The zero-order chi connectivity index (χ0) is 16.1. The van der Waals surface area contributed by atoms with Crippen molar-refractivity contribution in [1.29, 1.82) is 0 Å². The van der Waals surface area contributed by atoms with Gasteiger partial charge in [-0.05, 0) is 30.3 Å². The molecular formula is C15H7BrF3NO2. The van der Waals surface area contributed by atoms with Gasteiger partial charge in [0.25, 0.3) is 11.8 Å². The number of rotatable bonds is 1. The van der Waals surface area contributed by atoms with E-state index in [1.165, 1.54) is 18.2 Å². The molecule has 0 saturated carbocycles. The van der Waals surface area contributed by atoms with Crippen molar-refractivity contribution in [3.63, 3.8) is 0 Å². The van der Waals surface area contributed by atoms with Crippen LogP contribution in [-0.2, 0) is 6.18 Å². The number of hydrogen-bond donors (Lipinski definition) is 0. The molecule has 1 aliphatic heterocycles. The lowest BCUT2D eigenvalue weighted by Gasteiger charge is -2.20. The molecule has 7 heteroatoms. The zero-order valence-electron chi connectivity index (χ0n) is 10.8. The van der Waals surface area contributed by atoms with Crippen molar-refractivity contribution in [3.05, 3.63) is 63.6 Å². The van der Waals surface area contributed by atoms with Crippen molar-refractivity contribution in [1.82, 2.24) is 0 Å². The highest BCUT2D eigenvalue weighted by atomic mass is 79.9. The normalized spacial score (nSPS) is 14.5. The van der Waals surface area contributed by atoms with Crippen molar-refractivity contribution in [3.8, 4) is 0 Å². The molecule has 0 atom stereocenters. The fraction of sp³-hybridized carbons (Fsp3) is 0.0667. The Morgan fingerprint density at radius 1 is 0.909 bits per heavy atom. The summed E-state index contributed by atoms with van der Waals surface area (Å²) in [5.74, 6) is -1.51. The molecule has 0 saturated heterocycles. The molecule has 0 spiro atoms. The van der Waals surface area contributed by atoms with Gasteiger partial charge in [-0.3, -0.25) is 9.59 Å². The molecule has 2 amide bonds. The van der Waals surface area contributed by atoms with Crippen LogP contribution in [0.15, 0.2) is 46.9 Å². The van der Waals surface area contributed by atoms with Crippen molar-refractivity contribution in [2.75, 3.05) is 4.90 Å². The second-order valence-corrected chi connectivity index (χ2v) is 5.57. The quantitative estimate of drug-likeness (QED) is 0.704. The van der Waals surface area contributed by atoms with Crippen LogP contribution in [0.2, 0.25) is 0 Å². The summed E-state index contributed by atoms with van der Waals surface area (Å²) >= 11 is 2.97. The minimum absolute atomic E-state index is 0.101. The van der Waals surface area contributed by atoms with Crippen LogP contribution in [-0.4, -0.2) is 11.8 Å². The van der Waals surface area contributed by atoms with E-state index in [4.69, 9.17) is 0 Å². The highest BCUT2D eigenvalue weighted by Crippen LogP contribution is 2.40. The van der Waals surface area contributed by atoms with Crippen molar-refractivity contribution >= 4 is 33.4 Å². The number of alkyl halides is 3. The SMILES string of the molecule is O=C1c2ccccc2C(=O)N1c1ccc(Br)cc1C(F)(F)F. The number of imide groups is 1. The van der Waals surface area contributed by atoms with Crippen LogP contribution in [0.25, 0.3) is 0 Å². The van der Waals surface area contributed by atoms with Crippen LogP contribution in [0.1, 0.15) is 26.3 Å². The maximum absolute atomic E-state index is 13.2. The Morgan fingerprint density at radius 2 is 1.45 bits per heavy atom. The predicted octanol–water partition coefficient (Wildman–Crippen LogP) is 4.27. The van der Waals surface area contributed by atoms with Crippen LogP contribution in [0.3, 0.4) is 0 Å². The number of hydrogen-bond acceptors (Lipinski definition) is 2. The Balaban J connectivity index is 2.19. The van der Waals surface area contributed by atoms with E-state index in [-0.39, 0.29) is 15.6 Å². The topological polar surface area (TPSA) is 37.4 Å². The first-order chi connectivity index (χ1) is 10.3. The molecule has 0 N–H and O–H groups in total. The van der Waals surface area contributed by atoms with Gasteiger partial charge in [-0.2, -0.15) is 13.2 Å². The van der Waals surface area contributed by atoms with Crippen LogP contribution in [0, 0.1) is 0 Å². The second-order valence-electron chi connectivity index (χ2n) is 4.65. The molecule has 0 radical (unpaired) electrons. The van der Waals surface area contributed by atoms with Crippen LogP contribution < -0.4 is 4.90 Å². The molecule has 0 bridgehead atoms. The summed E-state index contributed by atoms with van der Waals surface area (Å²) in [6.45, 7) is 0. The van der Waals surface area contributed by atoms with Crippen molar-refractivity contribution in [2.24, 2.45) is 0 Å². The maximum Gasteiger partial charge on any atom is 0.418 e. The number of fused-ring (bicyclic) bond motifs is 1. The monoisotopic (exact) mass is 369 g/mol. The Morgan fingerprint density at radius 3 is 1.95 bits per heavy atom. The van der Waals surface area contributed by atoms with E-state index in [0.717, 1.165) is 12.1 Å². The van der Waals surface area contributed by atoms with Gasteiger partial charge in [0.1, 0.15) is 0 Å². The Kier molecular flexibility index (Phi) is 3.32. The lowest BCUT2D eigenvalue weighted by Crippen LogP contribution is -2.31. The summed E-state index contributed by atoms with van der Waals surface area (Å²) in [6.07, 6.45) is -4.69. The molecule has 112 valence electrons. The second kappa shape index (κ2) is 4.95. The molecule has 2 aromatic rings. The van der Waals surface area contributed by atoms with Gasteiger partial charge >= 0.3 is 6.18 Å². The molecule has 22 heavy (non-hydrogen) atoms. The van der Waals surface area contributed by atoms with Gasteiger partial charge in [-0.15, -0.1) is 0 Å². The zero-order valence-corrected chi connectivity index (χ0v) is 12.4. The Hall–Kier alpha value is -2.15. The molecular weight excluding hydrogens is 363 g/mol. The molecule has 1 aliphatic rings. The fourth-order valence-corrected chi connectivity index (χ4v) is 2.70. The third-order valence-corrected chi connectivity index (χ3v) is 3.79. The number of amides is 2. The third-order valence-electron chi connectivity index (χ3n) is 3.30. The first-order valence-corrected chi connectivity index (χ1v) is 6.94. The maximum atomic E-state index is 13.2. The molecule has 0 aliphatic carbocycles. The van der Waals surface area contributed by atoms with Gasteiger partial charge in [0.2, 0.25) is 0 Å². The molecule has 3 rings (SSSR count). The lowest BCUT2D eigenvalue weighted by molar-refractivity contribution is -0.137. The van der Waals surface area contributed by atoms with Crippen LogP contribution in [0.5, 0.6) is 0 Å². The molecule has 1 heterocycles. The van der Waals surface area contributed by atoms with Gasteiger partial charge in [0, 0.05) is 4.47 Å². The van der Waals surface area contributed by atoms with Crippen LogP contribution in [0.4, 0.5) is 18.9 Å². The summed E-state index contributed by atoms with van der Waals surface area (Å²) in [5.41, 5.74) is -1.31. The number of anilines is 1. The van der Waals surface area contributed by atoms with Gasteiger partial charge in [0.05, 0.1) is 22.4 Å². The number of nitrogens with zero attached hydrogens (tertiary/aromatic N) is 1. The number of halogens is 4. The third kappa shape index (κ3) is 2.21. The van der Waals surface area contributed by atoms with E-state index >= 15 is 0 Å². The van der Waals surface area contributed by atoms with E-state index in [2.05, 4.69) is 15.9 Å². The van der Waals surface area contributed by atoms with Gasteiger partial charge in [-0.25, -0.2) is 4.90 Å². The Bertz CT molecular complexity index is 767. The fourth-order valence-electron chi connectivity index (χ4n) is 2.34. The van der Waals surface area contributed by atoms with Crippen molar-refractivity contribution < 1.29 is 22.8 Å². The smallest absolute Gasteiger partial charge is 0.268 e. The summed E-state index contributed by atoms with van der Waals surface area (Å²) in [7, 11) is 0. The molecule has 3 nitrogen and oxygen atoms in total. The average molecular weight is 370 g/mol. The van der Waals surface area contributed by atoms with E-state index in [0.29, 0.717) is 4.90 Å². The Labute approximate surface area is 131 Å². The van der Waals surface area contributed by atoms with Crippen molar-refractivity contribution in [2.45, 2.75) is 6.18 Å². The van der Waals surface area contributed by atoms with Crippen LogP contribution >= 0.6 is 15.9 Å². The molecule has 0 aromatic heterocycles. The van der Waals surface area contributed by atoms with Gasteiger partial charge in [0.15, 0.2) is 0 Å². The van der Waals surface area contributed by atoms with E-state index in [1.54, 1.807) is 12.1 Å². The van der Waals surface area contributed by atoms with Gasteiger partial charge < -0.3 is 0 Å². The highest BCUT2D eigenvalue weighted by Gasteiger charge is 2.42. The number of benzene rings is 2. The van der Waals surface area contributed by atoms with Gasteiger partial charge in [-0.1, -0.05) is 28.1 Å². The van der Waals surface area contributed by atoms with E-state index in [1.807, 2.05) is 0 Å². The lowest BCUT2D eigenvalue weighted by atomic mass is 10.1. The first kappa shape index (κ1) is 14.8. The number of carbonyl (C=O) groups excluding carboxylic acids is 2. The summed E-state index contributed by atoms with van der Waals surface area (Å²) in [5, 5.41) is 0. The molecule has 0 fully saturated rings. The summed E-state index contributed by atoms with van der Waals surface area (Å²) in [4.78, 5) is 25.2. The minimum atomic E-state index is -4.69. The standard InChI is InChI=1S/C15H7BrF3NO2/c16-8-5-6-12(11(7-8)15(17,18)19)20-13(21)9-3-1-2-4-10(9)14(20)22/h1-7H. The number of carbonyl (C=O) groups is 2. The van der Waals surface area contributed by atoms with E-state index in [9.17, 15) is 22.8 Å². The average Bonchev–Trinajstić information content (AvgIpc) is 2.71. The highest BCUT2D eigenvalue weighted by molar-refractivity contribution is 9.10. The molecule has 0 unspecified atom stereocenters. The van der Waals surface area contributed by atoms with E-state index < -0.39 is 29.2 Å². The minimum Gasteiger partial charge on any atom is -0.268 e. The molecule has 2 aromatic carbocycles. The summed E-state index contributed by atoms with van der Waals surface area (Å²) < 4.78 is 39.8.